The van der Waals surface area contributed by atoms with Crippen LogP contribution in [0.3, 0.4) is 0 Å². The molecule has 5 nitrogen and oxygen atoms in total. The number of aromatic nitrogens is 3. The van der Waals surface area contributed by atoms with Crippen molar-refractivity contribution < 1.29 is 0 Å². The van der Waals surface area contributed by atoms with Crippen molar-refractivity contribution in [1.29, 1.82) is 0 Å². The fraction of sp³-hybridized carbons (Fsp3) is 0.100. The highest BCUT2D eigenvalue weighted by Crippen LogP contribution is 2.19. The summed E-state index contributed by atoms with van der Waals surface area (Å²) in [5.41, 5.74) is 3.83. The Morgan fingerprint density at radius 1 is 1.41 bits per heavy atom. The molecule has 0 aliphatic rings. The minimum absolute atomic E-state index is 0.663. The summed E-state index contributed by atoms with van der Waals surface area (Å²) in [4.78, 5) is 4.42. The average molecular weight is 268 g/mol. The molecule has 0 spiro atoms. The van der Waals surface area contributed by atoms with E-state index in [9.17, 15) is 0 Å². The van der Waals surface area contributed by atoms with Crippen LogP contribution in [0.2, 0.25) is 5.02 Å². The van der Waals surface area contributed by atoms with Crippen molar-refractivity contribution in [2.75, 3.05) is 11.7 Å². The molecule has 7 heteroatoms. The van der Waals surface area contributed by atoms with Crippen LogP contribution in [-0.2, 0) is 0 Å². The van der Waals surface area contributed by atoms with Crippen molar-refractivity contribution in [3.05, 3.63) is 41.9 Å². The molecule has 88 valence electrons. The molecular formula is C10H10ClN5S. The van der Waals surface area contributed by atoms with Gasteiger partial charge in [-0.2, -0.15) is 0 Å². The molecule has 17 heavy (non-hydrogen) atoms. The van der Waals surface area contributed by atoms with E-state index in [0.717, 1.165) is 10.9 Å². The summed E-state index contributed by atoms with van der Waals surface area (Å²) in [7, 11) is 0. The van der Waals surface area contributed by atoms with E-state index in [-0.39, 0.29) is 0 Å². The van der Waals surface area contributed by atoms with Crippen molar-refractivity contribution in [3.63, 3.8) is 0 Å². The molecule has 0 atom stereocenters. The maximum absolute atomic E-state index is 5.89. The highest BCUT2D eigenvalue weighted by molar-refractivity contribution is 8.13. The molecule has 1 N–H and O–H groups in total. The molecule has 0 fully saturated rings. The van der Waals surface area contributed by atoms with E-state index < -0.39 is 0 Å². The van der Waals surface area contributed by atoms with Gasteiger partial charge in [0.15, 0.2) is 5.17 Å². The van der Waals surface area contributed by atoms with Gasteiger partial charge in [-0.05, 0) is 24.5 Å². The Hall–Kier alpha value is -1.53. The Morgan fingerprint density at radius 2 is 2.18 bits per heavy atom. The van der Waals surface area contributed by atoms with Gasteiger partial charge in [-0.25, -0.2) is 9.67 Å². The quantitative estimate of drug-likeness (QED) is 0.671. The van der Waals surface area contributed by atoms with Crippen LogP contribution in [0.15, 0.2) is 41.9 Å². The van der Waals surface area contributed by atoms with Crippen molar-refractivity contribution in [1.82, 2.24) is 14.9 Å². The van der Waals surface area contributed by atoms with E-state index in [4.69, 9.17) is 11.6 Å². The molecule has 0 unspecified atom stereocenters. The van der Waals surface area contributed by atoms with E-state index in [1.807, 2.05) is 24.5 Å². The molecule has 2 aromatic rings. The number of nitrogens with one attached hydrogen (secondary N) is 1. The first kappa shape index (κ1) is 11.9. The van der Waals surface area contributed by atoms with Crippen LogP contribution in [0.1, 0.15) is 0 Å². The van der Waals surface area contributed by atoms with Gasteiger partial charge in [-0.15, -0.1) is 10.2 Å². The maximum atomic E-state index is 5.89. The van der Waals surface area contributed by atoms with Crippen LogP contribution in [0.25, 0.3) is 0 Å². The monoisotopic (exact) mass is 267 g/mol. The second-order valence-corrected chi connectivity index (χ2v) is 4.31. The lowest BCUT2D eigenvalue weighted by atomic mass is 10.3. The van der Waals surface area contributed by atoms with Crippen LogP contribution in [0.5, 0.6) is 0 Å². The molecule has 1 aromatic carbocycles. The molecule has 0 aliphatic heterocycles. The highest BCUT2D eigenvalue weighted by Gasteiger charge is 1.99. The Balaban J connectivity index is 2.17. The molecule has 1 aromatic heterocycles. The van der Waals surface area contributed by atoms with Gasteiger partial charge in [0.25, 0.3) is 0 Å². The standard InChI is InChI=1S/C10H10ClN5S/c1-17-10(15-16-6-12-13-7-16)14-9-4-2-3-8(11)5-9/h2-7H,1H3,(H,14,15). The topological polar surface area (TPSA) is 55.1 Å². The molecule has 0 saturated heterocycles. The molecule has 0 radical (unpaired) electrons. The smallest absolute Gasteiger partial charge is 0.180 e. The predicted molar refractivity (Wildman–Crippen MR) is 71.4 cm³/mol. The second-order valence-electron chi connectivity index (χ2n) is 3.08. The summed E-state index contributed by atoms with van der Waals surface area (Å²) < 4.78 is 1.62. The van der Waals surface area contributed by atoms with Crippen LogP contribution in [-0.4, -0.2) is 26.3 Å². The summed E-state index contributed by atoms with van der Waals surface area (Å²) in [5.74, 6) is 0. The Morgan fingerprint density at radius 3 is 2.82 bits per heavy atom. The summed E-state index contributed by atoms with van der Waals surface area (Å²) in [6.45, 7) is 0. The number of amidine groups is 1. The third-order valence-electron chi connectivity index (χ3n) is 1.88. The Kier molecular flexibility index (Phi) is 4.00. The van der Waals surface area contributed by atoms with Crippen LogP contribution >= 0.6 is 23.4 Å². The molecule has 1 heterocycles. The zero-order valence-corrected chi connectivity index (χ0v) is 10.6. The number of hydrogen-bond donors (Lipinski definition) is 1. The second kappa shape index (κ2) is 5.70. The third-order valence-corrected chi connectivity index (χ3v) is 2.68. The molecule has 0 bridgehead atoms. The van der Waals surface area contributed by atoms with E-state index in [1.54, 1.807) is 23.4 Å². The fourth-order valence-electron chi connectivity index (χ4n) is 1.15. The van der Waals surface area contributed by atoms with Gasteiger partial charge in [-0.1, -0.05) is 29.4 Å². The number of aliphatic imine (C=N–C) groups is 1. The first-order chi connectivity index (χ1) is 8.28. The molecule has 0 aliphatic carbocycles. The number of halogens is 1. The molecule has 0 saturated carbocycles. The van der Waals surface area contributed by atoms with Crippen LogP contribution < -0.4 is 5.43 Å². The van der Waals surface area contributed by atoms with E-state index >= 15 is 0 Å². The van der Waals surface area contributed by atoms with Gasteiger partial charge in [0.05, 0.1) is 5.69 Å². The summed E-state index contributed by atoms with van der Waals surface area (Å²) >= 11 is 7.38. The van der Waals surface area contributed by atoms with Crippen LogP contribution in [0, 0.1) is 0 Å². The Bertz CT molecular complexity index is 511. The predicted octanol–water partition coefficient (Wildman–Crippen LogP) is 2.53. The zero-order chi connectivity index (χ0) is 12.1. The normalized spacial score (nSPS) is 11.5. The SMILES string of the molecule is CSC(=Nc1cccc(Cl)c1)Nn1cnnc1. The summed E-state index contributed by atoms with van der Waals surface area (Å²) in [5, 5.41) is 8.78. The highest BCUT2D eigenvalue weighted by atomic mass is 35.5. The minimum atomic E-state index is 0.663. The van der Waals surface area contributed by atoms with Gasteiger partial charge in [0.2, 0.25) is 0 Å². The van der Waals surface area contributed by atoms with Crippen molar-refractivity contribution in [2.45, 2.75) is 0 Å². The first-order valence-electron chi connectivity index (χ1n) is 4.78. The molecular weight excluding hydrogens is 258 g/mol. The van der Waals surface area contributed by atoms with Gasteiger partial charge in [-0.3, -0.25) is 5.43 Å². The zero-order valence-electron chi connectivity index (χ0n) is 9.04. The summed E-state index contributed by atoms with van der Waals surface area (Å²) in [6.07, 6.45) is 5.05. The summed E-state index contributed by atoms with van der Waals surface area (Å²) in [6, 6.07) is 7.35. The number of nitrogens with zero attached hydrogens (tertiary/aromatic N) is 4. The lowest BCUT2D eigenvalue weighted by Gasteiger charge is -2.06. The van der Waals surface area contributed by atoms with E-state index in [0.29, 0.717) is 5.02 Å². The largest absolute Gasteiger partial charge is 0.270 e. The van der Waals surface area contributed by atoms with Crippen molar-refractivity contribution in [3.8, 4) is 0 Å². The molecule has 0 amide bonds. The fourth-order valence-corrected chi connectivity index (χ4v) is 1.73. The first-order valence-corrected chi connectivity index (χ1v) is 6.38. The number of thioether (sulfide) groups is 1. The maximum Gasteiger partial charge on any atom is 0.180 e. The average Bonchev–Trinajstić information content (AvgIpc) is 2.81. The van der Waals surface area contributed by atoms with E-state index in [1.165, 1.54) is 11.8 Å². The number of hydrogen-bond acceptors (Lipinski definition) is 4. The van der Waals surface area contributed by atoms with Crippen LogP contribution in [0.4, 0.5) is 5.69 Å². The number of rotatable bonds is 2. The van der Waals surface area contributed by atoms with Gasteiger partial charge in [0, 0.05) is 5.02 Å². The third kappa shape index (κ3) is 3.47. The van der Waals surface area contributed by atoms with Gasteiger partial charge < -0.3 is 0 Å². The lowest BCUT2D eigenvalue weighted by molar-refractivity contribution is 0.975. The Labute approximate surface area is 108 Å². The van der Waals surface area contributed by atoms with E-state index in [2.05, 4.69) is 20.6 Å². The van der Waals surface area contributed by atoms with Crippen molar-refractivity contribution >= 4 is 34.2 Å². The minimum Gasteiger partial charge on any atom is -0.270 e. The lowest BCUT2D eigenvalue weighted by Crippen LogP contribution is -2.18. The van der Waals surface area contributed by atoms with Gasteiger partial charge in [0.1, 0.15) is 12.7 Å². The van der Waals surface area contributed by atoms with Gasteiger partial charge >= 0.3 is 0 Å². The number of benzene rings is 1. The molecule has 2 rings (SSSR count). The van der Waals surface area contributed by atoms with Crippen molar-refractivity contribution in [2.24, 2.45) is 4.99 Å².